The van der Waals surface area contributed by atoms with Crippen molar-refractivity contribution < 1.29 is 23.5 Å². The number of halogens is 1. The normalized spacial score (nSPS) is 19.2. The van der Waals surface area contributed by atoms with Crippen molar-refractivity contribution in [2.75, 3.05) is 26.2 Å². The standard InChI is InChI=1S/C29H34FN3O4/c1-3-37-29(36)28-20(2)33(27(35)17-25(28)22-10-7-11-23(30)16-22)19-26(34)31-24-12-14-32(15-13-24)18-21-8-5-4-6-9-21/h4-11,16,24-25H,3,12-15,17-19H2,1-2H3,(H,31,34). The number of nitrogens with zero attached hydrogens (tertiary/aromatic N) is 2. The summed E-state index contributed by atoms with van der Waals surface area (Å²) in [6, 6.07) is 16.2. The van der Waals surface area contributed by atoms with Crippen molar-refractivity contribution in [3.05, 3.63) is 82.8 Å². The second-order valence-electron chi connectivity index (χ2n) is 9.61. The molecule has 0 saturated carbocycles. The van der Waals surface area contributed by atoms with E-state index in [4.69, 9.17) is 4.74 Å². The lowest BCUT2D eigenvalue weighted by Gasteiger charge is -2.35. The summed E-state index contributed by atoms with van der Waals surface area (Å²) >= 11 is 0. The molecule has 1 atom stereocenters. The Kier molecular flexibility index (Phi) is 8.71. The van der Waals surface area contributed by atoms with Gasteiger partial charge in [-0.25, -0.2) is 9.18 Å². The molecule has 0 aromatic heterocycles. The average molecular weight is 508 g/mol. The molecule has 1 saturated heterocycles. The van der Waals surface area contributed by atoms with E-state index in [-0.39, 0.29) is 43.0 Å². The number of rotatable bonds is 8. The molecule has 0 bridgehead atoms. The summed E-state index contributed by atoms with van der Waals surface area (Å²) in [5, 5.41) is 3.06. The van der Waals surface area contributed by atoms with Gasteiger partial charge in [-0.1, -0.05) is 42.5 Å². The fourth-order valence-electron chi connectivity index (χ4n) is 5.18. The number of ether oxygens (including phenoxy) is 1. The highest BCUT2D eigenvalue weighted by atomic mass is 19.1. The number of hydrogen-bond donors (Lipinski definition) is 1. The number of likely N-dealkylation sites (tertiary alicyclic amines) is 1. The van der Waals surface area contributed by atoms with Gasteiger partial charge in [0.2, 0.25) is 11.8 Å². The fourth-order valence-corrected chi connectivity index (χ4v) is 5.18. The van der Waals surface area contributed by atoms with Gasteiger partial charge in [0, 0.05) is 43.7 Å². The van der Waals surface area contributed by atoms with Crippen LogP contribution in [0, 0.1) is 5.82 Å². The summed E-state index contributed by atoms with van der Waals surface area (Å²) in [4.78, 5) is 42.6. The molecule has 7 nitrogen and oxygen atoms in total. The zero-order valence-corrected chi connectivity index (χ0v) is 21.4. The van der Waals surface area contributed by atoms with Crippen molar-refractivity contribution in [2.45, 2.75) is 51.6 Å². The third-order valence-electron chi connectivity index (χ3n) is 7.07. The minimum absolute atomic E-state index is 0.0354. The van der Waals surface area contributed by atoms with E-state index in [1.54, 1.807) is 26.0 Å². The molecule has 1 unspecified atom stereocenters. The molecule has 2 aliphatic heterocycles. The Bertz CT molecular complexity index is 1160. The number of carbonyl (C=O) groups is 3. The van der Waals surface area contributed by atoms with Crippen LogP contribution < -0.4 is 5.32 Å². The van der Waals surface area contributed by atoms with Gasteiger partial charge in [-0.3, -0.25) is 14.5 Å². The number of esters is 1. The smallest absolute Gasteiger partial charge is 0.336 e. The summed E-state index contributed by atoms with van der Waals surface area (Å²) in [6.45, 7) is 5.99. The van der Waals surface area contributed by atoms with Gasteiger partial charge in [0.15, 0.2) is 0 Å². The van der Waals surface area contributed by atoms with Crippen LogP contribution in [-0.2, 0) is 25.7 Å². The molecule has 0 spiro atoms. The number of amides is 2. The van der Waals surface area contributed by atoms with Crippen LogP contribution in [0.1, 0.15) is 50.2 Å². The second kappa shape index (κ2) is 12.1. The molecular weight excluding hydrogens is 473 g/mol. The largest absolute Gasteiger partial charge is 0.463 e. The van der Waals surface area contributed by atoms with Gasteiger partial charge in [0.25, 0.3) is 0 Å². The number of carbonyl (C=O) groups excluding carboxylic acids is 3. The molecule has 2 aromatic carbocycles. The second-order valence-corrected chi connectivity index (χ2v) is 9.61. The molecule has 37 heavy (non-hydrogen) atoms. The number of allylic oxidation sites excluding steroid dienone is 1. The number of nitrogens with one attached hydrogen (secondary N) is 1. The maximum Gasteiger partial charge on any atom is 0.336 e. The van der Waals surface area contributed by atoms with Gasteiger partial charge in [-0.2, -0.15) is 0 Å². The number of benzene rings is 2. The zero-order chi connectivity index (χ0) is 26.4. The molecule has 2 heterocycles. The van der Waals surface area contributed by atoms with E-state index in [2.05, 4.69) is 22.3 Å². The van der Waals surface area contributed by atoms with E-state index in [0.29, 0.717) is 11.3 Å². The first-order valence-electron chi connectivity index (χ1n) is 12.8. The van der Waals surface area contributed by atoms with Crippen LogP contribution in [0.25, 0.3) is 0 Å². The Morgan fingerprint density at radius 2 is 1.81 bits per heavy atom. The van der Waals surface area contributed by atoms with Crippen molar-refractivity contribution in [3.8, 4) is 0 Å². The van der Waals surface area contributed by atoms with Crippen molar-refractivity contribution in [1.82, 2.24) is 15.1 Å². The molecule has 4 rings (SSSR count). The van der Waals surface area contributed by atoms with Crippen LogP contribution in [0.15, 0.2) is 65.9 Å². The zero-order valence-electron chi connectivity index (χ0n) is 21.4. The van der Waals surface area contributed by atoms with Crippen LogP contribution in [0.2, 0.25) is 0 Å². The highest BCUT2D eigenvalue weighted by Gasteiger charge is 2.38. The van der Waals surface area contributed by atoms with Crippen molar-refractivity contribution in [3.63, 3.8) is 0 Å². The highest BCUT2D eigenvalue weighted by molar-refractivity contribution is 5.97. The lowest BCUT2D eigenvalue weighted by Crippen LogP contribution is -2.49. The van der Waals surface area contributed by atoms with Crippen molar-refractivity contribution in [2.24, 2.45) is 0 Å². The van der Waals surface area contributed by atoms with Crippen molar-refractivity contribution >= 4 is 17.8 Å². The van der Waals surface area contributed by atoms with Crippen LogP contribution in [0.3, 0.4) is 0 Å². The van der Waals surface area contributed by atoms with Crippen LogP contribution in [-0.4, -0.2) is 59.9 Å². The fraction of sp³-hybridized carbons (Fsp3) is 0.414. The number of hydrogen-bond acceptors (Lipinski definition) is 5. The summed E-state index contributed by atoms with van der Waals surface area (Å²) in [7, 11) is 0. The first kappa shape index (κ1) is 26.5. The SMILES string of the molecule is CCOC(=O)C1=C(C)N(CC(=O)NC2CCN(Cc3ccccc3)CC2)C(=O)CC1c1cccc(F)c1. The van der Waals surface area contributed by atoms with E-state index < -0.39 is 17.7 Å². The first-order valence-corrected chi connectivity index (χ1v) is 12.8. The minimum Gasteiger partial charge on any atom is -0.463 e. The molecule has 8 heteroatoms. The molecule has 2 aromatic rings. The van der Waals surface area contributed by atoms with Gasteiger partial charge in [0.05, 0.1) is 12.2 Å². The Balaban J connectivity index is 1.41. The van der Waals surface area contributed by atoms with E-state index in [1.807, 2.05) is 18.2 Å². The molecular formula is C29H34FN3O4. The average Bonchev–Trinajstić information content (AvgIpc) is 2.88. The first-order chi connectivity index (χ1) is 17.9. The lowest BCUT2D eigenvalue weighted by atomic mass is 9.83. The van der Waals surface area contributed by atoms with Gasteiger partial charge >= 0.3 is 5.97 Å². The molecule has 0 aliphatic carbocycles. The summed E-state index contributed by atoms with van der Waals surface area (Å²) < 4.78 is 19.2. The molecule has 196 valence electrons. The van der Waals surface area contributed by atoms with E-state index in [9.17, 15) is 18.8 Å². The maximum absolute atomic E-state index is 13.9. The third-order valence-corrected chi connectivity index (χ3v) is 7.07. The topological polar surface area (TPSA) is 79.0 Å². The Morgan fingerprint density at radius 1 is 1.08 bits per heavy atom. The van der Waals surface area contributed by atoms with Crippen LogP contribution in [0.5, 0.6) is 0 Å². The molecule has 1 fully saturated rings. The number of piperidine rings is 1. The van der Waals surface area contributed by atoms with E-state index in [1.165, 1.54) is 22.6 Å². The minimum atomic E-state index is -0.629. The van der Waals surface area contributed by atoms with Gasteiger partial charge in [-0.15, -0.1) is 0 Å². The highest BCUT2D eigenvalue weighted by Crippen LogP contribution is 2.37. The molecule has 2 amide bonds. The van der Waals surface area contributed by atoms with Gasteiger partial charge < -0.3 is 15.0 Å². The van der Waals surface area contributed by atoms with Crippen LogP contribution >= 0.6 is 0 Å². The maximum atomic E-state index is 13.9. The monoisotopic (exact) mass is 507 g/mol. The third kappa shape index (κ3) is 6.63. The quantitative estimate of drug-likeness (QED) is 0.551. The lowest BCUT2D eigenvalue weighted by molar-refractivity contribution is -0.141. The summed E-state index contributed by atoms with van der Waals surface area (Å²) in [5.74, 6) is -2.18. The Labute approximate surface area is 217 Å². The predicted octanol–water partition coefficient (Wildman–Crippen LogP) is 3.76. The Morgan fingerprint density at radius 3 is 2.49 bits per heavy atom. The summed E-state index contributed by atoms with van der Waals surface area (Å²) in [6.07, 6.45) is 1.62. The molecule has 2 aliphatic rings. The van der Waals surface area contributed by atoms with Crippen LogP contribution in [0.4, 0.5) is 4.39 Å². The van der Waals surface area contributed by atoms with Crippen molar-refractivity contribution in [1.29, 1.82) is 0 Å². The summed E-state index contributed by atoms with van der Waals surface area (Å²) in [5.41, 5.74) is 2.46. The molecule has 1 N–H and O–H groups in total. The predicted molar refractivity (Wildman–Crippen MR) is 138 cm³/mol. The molecule has 0 radical (unpaired) electrons. The van der Waals surface area contributed by atoms with E-state index >= 15 is 0 Å². The Hall–Kier alpha value is -3.52. The van der Waals surface area contributed by atoms with Gasteiger partial charge in [0.1, 0.15) is 12.4 Å². The van der Waals surface area contributed by atoms with E-state index in [0.717, 1.165) is 32.5 Å². The van der Waals surface area contributed by atoms with Gasteiger partial charge in [-0.05, 0) is 49.9 Å².